The average Bonchev–Trinajstić information content (AvgIpc) is 2.91. The lowest BCUT2D eigenvalue weighted by atomic mass is 9.98. The topological polar surface area (TPSA) is 189 Å². The van der Waals surface area contributed by atoms with Gasteiger partial charge in [-0.15, -0.1) is 0 Å². The molecule has 0 bridgehead atoms. The van der Waals surface area contributed by atoms with Crippen LogP contribution in [-0.2, 0) is 32.0 Å². The van der Waals surface area contributed by atoms with Crippen LogP contribution >= 0.6 is 0 Å². The number of nitrogens with one attached hydrogen (secondary N) is 1. The molecule has 0 fully saturated rings. The maximum Gasteiger partial charge on any atom is 0.328 e. The summed E-state index contributed by atoms with van der Waals surface area (Å²) in [6.07, 6.45) is 3.37. The normalized spacial score (nSPS) is 13.4. The van der Waals surface area contributed by atoms with E-state index in [1.165, 1.54) is 0 Å². The number of rotatable bonds is 10. The fourth-order valence-corrected chi connectivity index (χ4v) is 4.46. The van der Waals surface area contributed by atoms with E-state index in [1.807, 2.05) is 12.1 Å². The van der Waals surface area contributed by atoms with Crippen molar-refractivity contribution < 1.29 is 23.9 Å². The van der Waals surface area contributed by atoms with Crippen LogP contribution < -0.4 is 21.7 Å². The number of fused-ring (bicyclic) bond motifs is 2. The van der Waals surface area contributed by atoms with Crippen LogP contribution in [0.4, 0.5) is 17.5 Å². The number of nitrogen functional groups attached to an aromatic ring is 2. The van der Waals surface area contributed by atoms with Gasteiger partial charge in [0.2, 0.25) is 5.95 Å². The van der Waals surface area contributed by atoms with E-state index in [2.05, 4.69) is 30.2 Å². The second-order valence-corrected chi connectivity index (χ2v) is 8.99. The molecule has 5 N–H and O–H groups in total. The van der Waals surface area contributed by atoms with Crippen molar-refractivity contribution in [1.82, 2.24) is 25.3 Å². The molecule has 3 heterocycles. The van der Waals surface area contributed by atoms with Gasteiger partial charge in [-0.3, -0.25) is 9.59 Å². The Morgan fingerprint density at radius 1 is 1.10 bits per heavy atom. The van der Waals surface area contributed by atoms with Gasteiger partial charge in [0, 0.05) is 24.2 Å². The van der Waals surface area contributed by atoms with Crippen LogP contribution in [0, 0.1) is 0 Å². The largest absolute Gasteiger partial charge is 0.466 e. The monoisotopic (exact) mass is 536 g/mol. The number of hydrogen-bond donors (Lipinski definition) is 3. The number of nitrogens with two attached hydrogens (primary N) is 2. The quantitative estimate of drug-likeness (QED) is 0.317. The average molecular weight is 537 g/mol. The summed E-state index contributed by atoms with van der Waals surface area (Å²) >= 11 is 0. The first-order chi connectivity index (χ1) is 18.8. The molecular formula is C26H32N8O5. The number of aromatic nitrogens is 4. The molecule has 0 aliphatic carbocycles. The maximum atomic E-state index is 13.1. The molecule has 0 spiro atoms. The molecule has 0 unspecified atom stereocenters. The molecule has 4 rings (SSSR count). The summed E-state index contributed by atoms with van der Waals surface area (Å²) in [5, 5.41) is 2.71. The first-order valence-electron chi connectivity index (χ1n) is 12.8. The number of anilines is 3. The van der Waals surface area contributed by atoms with Crippen LogP contribution in [0.15, 0.2) is 24.4 Å². The summed E-state index contributed by atoms with van der Waals surface area (Å²) < 4.78 is 10.0. The Morgan fingerprint density at radius 2 is 1.90 bits per heavy atom. The number of ether oxygens (including phenoxy) is 2. The van der Waals surface area contributed by atoms with Crippen LogP contribution in [-0.4, -0.2) is 63.6 Å². The Hall–Kier alpha value is -4.55. The molecule has 13 heteroatoms. The fraction of sp³-hybridized carbons (Fsp3) is 0.423. The fourth-order valence-electron chi connectivity index (χ4n) is 4.46. The van der Waals surface area contributed by atoms with E-state index in [4.69, 9.17) is 20.9 Å². The van der Waals surface area contributed by atoms with Gasteiger partial charge in [0.05, 0.1) is 31.6 Å². The summed E-state index contributed by atoms with van der Waals surface area (Å²) in [5.41, 5.74) is 15.4. The number of carbonyl (C=O) groups is 3. The Morgan fingerprint density at radius 3 is 2.67 bits per heavy atom. The van der Waals surface area contributed by atoms with Crippen molar-refractivity contribution in [1.29, 1.82) is 0 Å². The molecule has 206 valence electrons. The highest BCUT2D eigenvalue weighted by Gasteiger charge is 2.25. The van der Waals surface area contributed by atoms with Crippen LogP contribution in [0.5, 0.6) is 0 Å². The number of hydrogen-bond acceptors (Lipinski definition) is 12. The minimum absolute atomic E-state index is 0.0143. The summed E-state index contributed by atoms with van der Waals surface area (Å²) in [4.78, 5) is 56.4. The van der Waals surface area contributed by atoms with Crippen molar-refractivity contribution in [2.45, 2.75) is 52.1 Å². The summed E-state index contributed by atoms with van der Waals surface area (Å²) in [6, 6.07) is 4.45. The van der Waals surface area contributed by atoms with E-state index >= 15 is 0 Å². The van der Waals surface area contributed by atoms with Crippen LogP contribution in [0.1, 0.15) is 54.7 Å². The van der Waals surface area contributed by atoms with Crippen LogP contribution in [0.25, 0.3) is 11.2 Å². The van der Waals surface area contributed by atoms with Crippen LogP contribution in [0.3, 0.4) is 0 Å². The van der Waals surface area contributed by atoms with Crippen molar-refractivity contribution in [2.24, 2.45) is 0 Å². The molecule has 0 saturated heterocycles. The second kappa shape index (κ2) is 12.3. The van der Waals surface area contributed by atoms with Gasteiger partial charge in [-0.25, -0.2) is 14.8 Å². The van der Waals surface area contributed by atoms with Crippen LogP contribution in [0.2, 0.25) is 0 Å². The zero-order valence-electron chi connectivity index (χ0n) is 22.0. The van der Waals surface area contributed by atoms with Crippen molar-refractivity contribution in [3.63, 3.8) is 0 Å². The SMILES string of the molecule is CCOC(=O)CC[C@H](NC(=O)c1ccc2c(c1)CCCN2Cc1cnc2nc(N)nc(N)c2n1)C(=O)OCC. The predicted molar refractivity (Wildman–Crippen MR) is 144 cm³/mol. The number of amides is 1. The van der Waals surface area contributed by atoms with Gasteiger partial charge in [0.15, 0.2) is 17.0 Å². The molecule has 0 saturated carbocycles. The van der Waals surface area contributed by atoms with E-state index in [-0.39, 0.29) is 37.8 Å². The molecule has 3 aromatic rings. The Kier molecular flexibility index (Phi) is 8.69. The minimum atomic E-state index is -0.965. The Balaban J connectivity index is 1.48. The Labute approximate surface area is 225 Å². The van der Waals surface area contributed by atoms with Crippen molar-refractivity contribution >= 4 is 46.5 Å². The van der Waals surface area contributed by atoms with Crippen molar-refractivity contribution in [3.05, 3.63) is 41.2 Å². The maximum absolute atomic E-state index is 13.1. The summed E-state index contributed by atoms with van der Waals surface area (Å²) in [7, 11) is 0. The molecule has 1 amide bonds. The van der Waals surface area contributed by atoms with E-state index in [0.717, 1.165) is 30.6 Å². The first-order valence-corrected chi connectivity index (χ1v) is 12.8. The van der Waals surface area contributed by atoms with E-state index in [1.54, 1.807) is 26.1 Å². The van der Waals surface area contributed by atoms with Crippen molar-refractivity contribution in [3.8, 4) is 0 Å². The van der Waals surface area contributed by atoms with E-state index < -0.39 is 23.9 Å². The zero-order chi connectivity index (χ0) is 27.9. The molecular weight excluding hydrogens is 504 g/mol. The van der Waals surface area contributed by atoms with Gasteiger partial charge in [-0.2, -0.15) is 9.97 Å². The Bertz CT molecular complexity index is 1380. The smallest absolute Gasteiger partial charge is 0.328 e. The molecule has 1 atom stereocenters. The van der Waals surface area contributed by atoms with Gasteiger partial charge < -0.3 is 31.2 Å². The lowest BCUT2D eigenvalue weighted by Crippen LogP contribution is -2.42. The number of nitrogens with zero attached hydrogens (tertiary/aromatic N) is 5. The minimum Gasteiger partial charge on any atom is -0.466 e. The third-order valence-corrected chi connectivity index (χ3v) is 6.23. The highest BCUT2D eigenvalue weighted by atomic mass is 16.5. The predicted octanol–water partition coefficient (Wildman–Crippen LogP) is 1.54. The van der Waals surface area contributed by atoms with E-state index in [9.17, 15) is 14.4 Å². The summed E-state index contributed by atoms with van der Waals surface area (Å²) in [5.74, 6) is -1.24. The molecule has 2 aromatic heterocycles. The van der Waals surface area contributed by atoms with Crippen molar-refractivity contribution in [2.75, 3.05) is 36.1 Å². The molecule has 39 heavy (non-hydrogen) atoms. The van der Waals surface area contributed by atoms with Gasteiger partial charge in [-0.1, -0.05) is 0 Å². The molecule has 1 aliphatic heterocycles. The number of benzene rings is 1. The van der Waals surface area contributed by atoms with E-state index in [0.29, 0.717) is 29.0 Å². The second-order valence-electron chi connectivity index (χ2n) is 8.99. The zero-order valence-corrected chi connectivity index (χ0v) is 22.0. The number of aryl methyl sites for hydroxylation is 1. The highest BCUT2D eigenvalue weighted by Crippen LogP contribution is 2.29. The van der Waals surface area contributed by atoms with Gasteiger partial charge in [-0.05, 0) is 56.9 Å². The van der Waals surface area contributed by atoms with Gasteiger partial charge in [0.1, 0.15) is 6.04 Å². The third kappa shape index (κ3) is 6.67. The van der Waals surface area contributed by atoms with Gasteiger partial charge in [0.25, 0.3) is 5.91 Å². The highest BCUT2D eigenvalue weighted by molar-refractivity contribution is 5.97. The molecule has 0 radical (unpaired) electrons. The molecule has 1 aliphatic rings. The standard InChI is InChI=1S/C26H32N8O5/c1-3-38-20(35)10-8-18(25(37)39-4-2)31-24(36)16-7-9-19-15(12-16)6-5-11-34(19)14-17-13-29-23-21(30-17)22(27)32-26(28)33-23/h7,9,12-13,18H,3-6,8,10-11,14H2,1-2H3,(H,31,36)(H4,27,28,29,32,33)/t18-/m0/s1. The summed E-state index contributed by atoms with van der Waals surface area (Å²) in [6.45, 7) is 5.06. The number of carbonyl (C=O) groups excluding carboxylic acids is 3. The third-order valence-electron chi connectivity index (χ3n) is 6.23. The molecule has 1 aromatic carbocycles. The lowest BCUT2D eigenvalue weighted by molar-refractivity contribution is -0.146. The molecule has 13 nitrogen and oxygen atoms in total. The van der Waals surface area contributed by atoms with Gasteiger partial charge >= 0.3 is 11.9 Å². The lowest BCUT2D eigenvalue weighted by Gasteiger charge is -2.31. The number of esters is 2. The first kappa shape index (κ1) is 27.5.